The molecule has 1 N–H and O–H groups in total. The van der Waals surface area contributed by atoms with Crippen LogP contribution in [-0.4, -0.2) is 25.6 Å². The number of anilines is 1. The summed E-state index contributed by atoms with van der Waals surface area (Å²) in [5, 5.41) is 2.46. The van der Waals surface area contributed by atoms with Crippen LogP contribution in [0.5, 0.6) is 5.75 Å². The highest BCUT2D eigenvalue weighted by Gasteiger charge is 2.19. The molecule has 0 spiro atoms. The predicted molar refractivity (Wildman–Crippen MR) is 86.3 cm³/mol. The van der Waals surface area contributed by atoms with E-state index >= 15 is 0 Å². The van der Waals surface area contributed by atoms with Gasteiger partial charge in [0, 0.05) is 5.56 Å². The molecule has 0 saturated carbocycles. The Balaban J connectivity index is 1.83. The highest BCUT2D eigenvalue weighted by atomic mass is 19.1. The number of para-hydroxylation sites is 1. The molecule has 1 aliphatic rings. The Labute approximate surface area is 137 Å². The first kappa shape index (κ1) is 15.7. The van der Waals surface area contributed by atoms with Crippen LogP contribution < -0.4 is 10.1 Å². The number of methoxy groups -OCH3 is 1. The van der Waals surface area contributed by atoms with Gasteiger partial charge in [0.05, 0.1) is 23.9 Å². The van der Waals surface area contributed by atoms with Crippen molar-refractivity contribution in [3.8, 4) is 5.75 Å². The number of nitrogens with one attached hydrogen (secondary N) is 1. The third-order valence-electron chi connectivity index (χ3n) is 3.56. The molecule has 1 heterocycles. The molecule has 6 heteroatoms. The molecule has 2 aromatic carbocycles. The van der Waals surface area contributed by atoms with Gasteiger partial charge in [-0.1, -0.05) is 18.2 Å². The number of rotatable bonds is 3. The zero-order chi connectivity index (χ0) is 17.1. The van der Waals surface area contributed by atoms with Gasteiger partial charge in [-0.25, -0.2) is 9.18 Å². The van der Waals surface area contributed by atoms with E-state index in [0.717, 1.165) is 11.6 Å². The standard InChI is InChI=1S/C18H14FNO4/c1-23-18(22)12-6-7-14(19)15(9-12)20-17(21)13-8-11-4-2-3-5-16(11)24-10-13/h2-9H,10H2,1H3,(H,20,21). The fourth-order valence-electron chi connectivity index (χ4n) is 2.32. The predicted octanol–water partition coefficient (Wildman–Crippen LogP) is 3.03. The van der Waals surface area contributed by atoms with Crippen LogP contribution in [0.15, 0.2) is 48.0 Å². The minimum atomic E-state index is -0.645. The monoisotopic (exact) mass is 327 g/mol. The van der Waals surface area contributed by atoms with Crippen LogP contribution in [0.2, 0.25) is 0 Å². The van der Waals surface area contributed by atoms with Crippen LogP contribution in [-0.2, 0) is 9.53 Å². The van der Waals surface area contributed by atoms with E-state index in [1.165, 1.54) is 19.2 Å². The number of hydrogen-bond donors (Lipinski definition) is 1. The van der Waals surface area contributed by atoms with E-state index in [0.29, 0.717) is 11.3 Å². The zero-order valence-electron chi connectivity index (χ0n) is 12.8. The Bertz CT molecular complexity index is 845. The summed E-state index contributed by atoms with van der Waals surface area (Å²) in [5.74, 6) is -1.06. The molecular weight excluding hydrogens is 313 g/mol. The molecule has 2 aromatic rings. The summed E-state index contributed by atoms with van der Waals surface area (Å²) in [7, 11) is 1.23. The van der Waals surface area contributed by atoms with Gasteiger partial charge in [-0.3, -0.25) is 4.79 Å². The van der Waals surface area contributed by atoms with Crippen LogP contribution in [0.25, 0.3) is 6.08 Å². The normalized spacial score (nSPS) is 12.5. The number of fused-ring (bicyclic) bond motifs is 1. The molecule has 0 bridgehead atoms. The van der Waals surface area contributed by atoms with Crippen molar-refractivity contribution in [2.24, 2.45) is 0 Å². The molecule has 1 aliphatic heterocycles. The van der Waals surface area contributed by atoms with Gasteiger partial charge in [0.1, 0.15) is 18.2 Å². The molecule has 122 valence electrons. The van der Waals surface area contributed by atoms with Gasteiger partial charge < -0.3 is 14.8 Å². The summed E-state index contributed by atoms with van der Waals surface area (Å²) >= 11 is 0. The lowest BCUT2D eigenvalue weighted by Gasteiger charge is -2.17. The largest absolute Gasteiger partial charge is 0.488 e. The molecule has 24 heavy (non-hydrogen) atoms. The number of carbonyl (C=O) groups is 2. The molecule has 0 aliphatic carbocycles. The average Bonchev–Trinajstić information content (AvgIpc) is 2.62. The number of esters is 1. The van der Waals surface area contributed by atoms with E-state index in [1.807, 2.05) is 18.2 Å². The molecule has 3 rings (SSSR count). The maximum atomic E-state index is 13.9. The summed E-state index contributed by atoms with van der Waals surface area (Å²) in [6.45, 7) is 0.0845. The number of carbonyl (C=O) groups excluding carboxylic acids is 2. The van der Waals surface area contributed by atoms with Crippen LogP contribution in [0, 0.1) is 5.82 Å². The van der Waals surface area contributed by atoms with Gasteiger partial charge in [-0.15, -0.1) is 0 Å². The van der Waals surface area contributed by atoms with E-state index in [2.05, 4.69) is 10.1 Å². The smallest absolute Gasteiger partial charge is 0.337 e. The van der Waals surface area contributed by atoms with Crippen molar-refractivity contribution >= 4 is 23.6 Å². The van der Waals surface area contributed by atoms with Gasteiger partial charge in [0.2, 0.25) is 0 Å². The van der Waals surface area contributed by atoms with E-state index in [-0.39, 0.29) is 17.9 Å². The topological polar surface area (TPSA) is 64.6 Å². The summed E-state index contributed by atoms with van der Waals surface area (Å²) in [4.78, 5) is 23.9. The Morgan fingerprint density at radius 2 is 2.00 bits per heavy atom. The third kappa shape index (κ3) is 3.12. The maximum Gasteiger partial charge on any atom is 0.337 e. The van der Waals surface area contributed by atoms with Crippen molar-refractivity contribution in [1.29, 1.82) is 0 Å². The summed E-state index contributed by atoms with van der Waals surface area (Å²) in [6.07, 6.45) is 1.69. The first-order chi connectivity index (χ1) is 11.6. The van der Waals surface area contributed by atoms with Crippen LogP contribution in [0.1, 0.15) is 15.9 Å². The molecule has 0 unspecified atom stereocenters. The highest BCUT2D eigenvalue weighted by molar-refractivity contribution is 6.08. The zero-order valence-corrected chi connectivity index (χ0v) is 12.8. The van der Waals surface area contributed by atoms with Gasteiger partial charge in [-0.05, 0) is 30.3 Å². The second-order valence-electron chi connectivity index (χ2n) is 5.14. The van der Waals surface area contributed by atoms with Crippen molar-refractivity contribution in [1.82, 2.24) is 0 Å². The fourth-order valence-corrected chi connectivity index (χ4v) is 2.32. The Morgan fingerprint density at radius 3 is 2.79 bits per heavy atom. The number of halogens is 1. The second kappa shape index (κ2) is 6.54. The molecule has 0 aromatic heterocycles. The first-order valence-corrected chi connectivity index (χ1v) is 7.20. The lowest BCUT2D eigenvalue weighted by atomic mass is 10.1. The summed E-state index contributed by atoms with van der Waals surface area (Å²) in [5.41, 5.74) is 1.19. The Hall–Kier alpha value is -3.15. The quantitative estimate of drug-likeness (QED) is 0.880. The van der Waals surface area contributed by atoms with E-state index in [4.69, 9.17) is 4.74 Å². The minimum absolute atomic E-state index is 0.0845. The molecule has 0 atom stereocenters. The summed E-state index contributed by atoms with van der Waals surface area (Å²) in [6, 6.07) is 10.9. The minimum Gasteiger partial charge on any atom is -0.488 e. The van der Waals surface area contributed by atoms with Crippen LogP contribution in [0.4, 0.5) is 10.1 Å². The van der Waals surface area contributed by atoms with Gasteiger partial charge in [-0.2, -0.15) is 0 Å². The lowest BCUT2D eigenvalue weighted by Crippen LogP contribution is -2.22. The Kier molecular flexibility index (Phi) is 4.29. The van der Waals surface area contributed by atoms with Crippen molar-refractivity contribution in [2.75, 3.05) is 19.0 Å². The van der Waals surface area contributed by atoms with E-state index in [1.54, 1.807) is 12.1 Å². The van der Waals surface area contributed by atoms with Crippen molar-refractivity contribution < 1.29 is 23.5 Å². The van der Waals surface area contributed by atoms with E-state index < -0.39 is 17.7 Å². The number of benzene rings is 2. The van der Waals surface area contributed by atoms with Gasteiger partial charge >= 0.3 is 5.97 Å². The number of hydrogen-bond acceptors (Lipinski definition) is 4. The fraction of sp³-hybridized carbons (Fsp3) is 0.111. The van der Waals surface area contributed by atoms with Gasteiger partial charge in [0.15, 0.2) is 0 Å². The molecule has 1 amide bonds. The van der Waals surface area contributed by atoms with Crippen LogP contribution >= 0.6 is 0 Å². The van der Waals surface area contributed by atoms with Gasteiger partial charge in [0.25, 0.3) is 5.91 Å². The summed E-state index contributed by atoms with van der Waals surface area (Å²) < 4.78 is 24.0. The average molecular weight is 327 g/mol. The lowest BCUT2D eigenvalue weighted by molar-refractivity contribution is -0.113. The molecule has 0 saturated heterocycles. The highest BCUT2D eigenvalue weighted by Crippen LogP contribution is 2.26. The van der Waals surface area contributed by atoms with Crippen molar-refractivity contribution in [2.45, 2.75) is 0 Å². The molecule has 0 fully saturated rings. The van der Waals surface area contributed by atoms with Crippen molar-refractivity contribution in [3.63, 3.8) is 0 Å². The second-order valence-corrected chi connectivity index (χ2v) is 5.14. The number of amides is 1. The van der Waals surface area contributed by atoms with Crippen molar-refractivity contribution in [3.05, 3.63) is 65.0 Å². The van der Waals surface area contributed by atoms with Crippen LogP contribution in [0.3, 0.4) is 0 Å². The van der Waals surface area contributed by atoms with E-state index in [9.17, 15) is 14.0 Å². The first-order valence-electron chi connectivity index (χ1n) is 7.20. The molecule has 5 nitrogen and oxygen atoms in total. The Morgan fingerprint density at radius 1 is 1.21 bits per heavy atom. The molecular formula is C18H14FNO4. The SMILES string of the molecule is COC(=O)c1ccc(F)c(NC(=O)C2=Cc3ccccc3OC2)c1. The molecule has 0 radical (unpaired) electrons. The third-order valence-corrected chi connectivity index (χ3v) is 3.56. The number of ether oxygens (including phenoxy) is 2. The maximum absolute atomic E-state index is 13.9.